The number of aryl methyl sites for hydroxylation is 1. The fraction of sp³-hybridized carbons (Fsp3) is 0.333. The lowest BCUT2D eigenvalue weighted by Crippen LogP contribution is -2.15. The van der Waals surface area contributed by atoms with Gasteiger partial charge in [0.25, 0.3) is 0 Å². The highest BCUT2D eigenvalue weighted by atomic mass is 32.1. The van der Waals surface area contributed by atoms with Gasteiger partial charge in [0.1, 0.15) is 0 Å². The third-order valence-corrected chi connectivity index (χ3v) is 4.17. The lowest BCUT2D eigenvalue weighted by atomic mass is 10.1. The average molecular weight is 243 g/mol. The van der Waals surface area contributed by atoms with E-state index >= 15 is 0 Å². The first-order valence-corrected chi connectivity index (χ1v) is 7.02. The zero-order chi connectivity index (χ0) is 11.7. The summed E-state index contributed by atoms with van der Waals surface area (Å²) in [7, 11) is 0. The van der Waals surface area contributed by atoms with E-state index in [1.54, 1.807) is 0 Å². The van der Waals surface area contributed by atoms with Gasteiger partial charge in [-0.1, -0.05) is 18.2 Å². The molecule has 1 N–H and O–H groups in total. The maximum atomic E-state index is 3.56. The Hall–Kier alpha value is -1.12. The van der Waals surface area contributed by atoms with Crippen LogP contribution in [0, 0.1) is 6.92 Å². The van der Waals surface area contributed by atoms with Crippen LogP contribution in [0.5, 0.6) is 0 Å². The van der Waals surface area contributed by atoms with Crippen LogP contribution in [0.25, 0.3) is 10.4 Å². The quantitative estimate of drug-likeness (QED) is 0.856. The molecule has 17 heavy (non-hydrogen) atoms. The minimum atomic E-state index is 0.780. The molecule has 2 heteroatoms. The summed E-state index contributed by atoms with van der Waals surface area (Å²) in [6.07, 6.45) is 2.70. The van der Waals surface area contributed by atoms with E-state index in [4.69, 9.17) is 0 Å². The van der Waals surface area contributed by atoms with Crippen LogP contribution in [0.15, 0.2) is 36.4 Å². The van der Waals surface area contributed by atoms with Gasteiger partial charge in [-0.2, -0.15) is 0 Å². The molecule has 1 heterocycles. The van der Waals surface area contributed by atoms with Gasteiger partial charge in [-0.3, -0.25) is 0 Å². The predicted molar refractivity (Wildman–Crippen MR) is 74.4 cm³/mol. The Labute approximate surface area is 106 Å². The van der Waals surface area contributed by atoms with Gasteiger partial charge in [0, 0.05) is 22.3 Å². The smallest absolute Gasteiger partial charge is 0.0345 e. The van der Waals surface area contributed by atoms with Gasteiger partial charge in [0.05, 0.1) is 0 Å². The molecule has 1 aliphatic carbocycles. The summed E-state index contributed by atoms with van der Waals surface area (Å²) in [6, 6.07) is 14.1. The first kappa shape index (κ1) is 11.0. The molecule has 1 fully saturated rings. The van der Waals surface area contributed by atoms with E-state index in [2.05, 4.69) is 48.6 Å². The molecule has 0 aliphatic heterocycles. The molecule has 1 nitrogen and oxygen atoms in total. The molecule has 0 amide bonds. The van der Waals surface area contributed by atoms with Crippen molar-refractivity contribution < 1.29 is 0 Å². The maximum Gasteiger partial charge on any atom is 0.0345 e. The summed E-state index contributed by atoms with van der Waals surface area (Å²) in [5.74, 6) is 0. The molecule has 0 bridgehead atoms. The molecule has 0 unspecified atom stereocenters. The van der Waals surface area contributed by atoms with Crippen molar-refractivity contribution in [2.75, 3.05) is 0 Å². The number of nitrogens with one attached hydrogen (secondary N) is 1. The lowest BCUT2D eigenvalue weighted by molar-refractivity contribution is 0.688. The van der Waals surface area contributed by atoms with Crippen molar-refractivity contribution in [2.24, 2.45) is 0 Å². The number of hydrogen-bond donors (Lipinski definition) is 1. The van der Waals surface area contributed by atoms with Gasteiger partial charge in [0.15, 0.2) is 0 Å². The van der Waals surface area contributed by atoms with E-state index in [1.165, 1.54) is 33.7 Å². The zero-order valence-corrected chi connectivity index (χ0v) is 10.9. The lowest BCUT2D eigenvalue weighted by Gasteiger charge is -2.05. The highest BCUT2D eigenvalue weighted by Gasteiger charge is 2.19. The summed E-state index contributed by atoms with van der Waals surface area (Å²) >= 11 is 1.87. The van der Waals surface area contributed by atoms with Crippen molar-refractivity contribution in [3.63, 3.8) is 0 Å². The van der Waals surface area contributed by atoms with Crippen LogP contribution in [0.1, 0.15) is 23.3 Å². The Morgan fingerprint density at radius 1 is 1.24 bits per heavy atom. The molecule has 0 radical (unpaired) electrons. The summed E-state index contributed by atoms with van der Waals surface area (Å²) < 4.78 is 0. The number of rotatable bonds is 4. The first-order chi connectivity index (χ1) is 8.31. The summed E-state index contributed by atoms with van der Waals surface area (Å²) in [5.41, 5.74) is 2.73. The molecule has 1 aromatic heterocycles. The monoisotopic (exact) mass is 243 g/mol. The molecular weight excluding hydrogens is 226 g/mol. The van der Waals surface area contributed by atoms with E-state index in [0.717, 1.165) is 12.6 Å². The summed E-state index contributed by atoms with van der Waals surface area (Å²) in [5, 5.41) is 3.56. The Morgan fingerprint density at radius 3 is 2.82 bits per heavy atom. The molecule has 3 rings (SSSR count). The van der Waals surface area contributed by atoms with Gasteiger partial charge < -0.3 is 5.32 Å². The van der Waals surface area contributed by atoms with E-state index in [-0.39, 0.29) is 0 Å². The maximum absolute atomic E-state index is 3.56. The normalized spacial score (nSPS) is 15.1. The average Bonchev–Trinajstić information content (AvgIpc) is 3.08. The molecular formula is C15H17NS. The van der Waals surface area contributed by atoms with Gasteiger partial charge in [-0.15, -0.1) is 11.3 Å². The molecule has 2 aromatic rings. The van der Waals surface area contributed by atoms with Crippen LogP contribution in [0.2, 0.25) is 0 Å². The number of thiophene rings is 1. The van der Waals surface area contributed by atoms with Crippen molar-refractivity contribution in [1.82, 2.24) is 5.32 Å². The fourth-order valence-electron chi connectivity index (χ4n) is 1.97. The molecule has 0 spiro atoms. The van der Waals surface area contributed by atoms with Crippen molar-refractivity contribution in [2.45, 2.75) is 32.4 Å². The van der Waals surface area contributed by atoms with Crippen LogP contribution in [0.3, 0.4) is 0 Å². The molecule has 0 saturated heterocycles. The second kappa shape index (κ2) is 4.63. The van der Waals surface area contributed by atoms with Crippen molar-refractivity contribution in [1.29, 1.82) is 0 Å². The highest BCUT2D eigenvalue weighted by Crippen LogP contribution is 2.28. The molecule has 88 valence electrons. The molecule has 1 aliphatic rings. The standard InChI is InChI=1S/C15H17NS/c1-11-5-8-15(17-11)13-4-2-3-12(9-13)10-16-14-6-7-14/h2-5,8-9,14,16H,6-7,10H2,1H3. The Kier molecular flexibility index (Phi) is 3.00. The van der Waals surface area contributed by atoms with Crippen molar-refractivity contribution in [3.05, 3.63) is 46.8 Å². The highest BCUT2D eigenvalue weighted by molar-refractivity contribution is 7.15. The van der Waals surface area contributed by atoms with Crippen LogP contribution in [-0.2, 0) is 6.54 Å². The Balaban J connectivity index is 1.77. The first-order valence-electron chi connectivity index (χ1n) is 6.20. The molecule has 1 aromatic carbocycles. The SMILES string of the molecule is Cc1ccc(-c2cccc(CNC3CC3)c2)s1. The summed E-state index contributed by atoms with van der Waals surface area (Å²) in [4.78, 5) is 2.75. The zero-order valence-electron chi connectivity index (χ0n) is 10.1. The predicted octanol–water partition coefficient (Wildman–Crippen LogP) is 3.98. The third kappa shape index (κ3) is 2.76. The minimum absolute atomic E-state index is 0.780. The Morgan fingerprint density at radius 2 is 2.12 bits per heavy atom. The van der Waals surface area contributed by atoms with Crippen LogP contribution in [0.4, 0.5) is 0 Å². The second-order valence-electron chi connectivity index (χ2n) is 4.77. The van der Waals surface area contributed by atoms with Crippen LogP contribution >= 0.6 is 11.3 Å². The summed E-state index contributed by atoms with van der Waals surface area (Å²) in [6.45, 7) is 3.16. The largest absolute Gasteiger partial charge is 0.310 e. The third-order valence-electron chi connectivity index (χ3n) is 3.12. The van der Waals surface area contributed by atoms with E-state index in [9.17, 15) is 0 Å². The van der Waals surface area contributed by atoms with Crippen LogP contribution in [-0.4, -0.2) is 6.04 Å². The topological polar surface area (TPSA) is 12.0 Å². The molecule has 1 saturated carbocycles. The number of hydrogen-bond acceptors (Lipinski definition) is 2. The van der Waals surface area contributed by atoms with Crippen LogP contribution < -0.4 is 5.32 Å². The van der Waals surface area contributed by atoms with E-state index in [1.807, 2.05) is 11.3 Å². The van der Waals surface area contributed by atoms with Crippen molar-refractivity contribution >= 4 is 11.3 Å². The van der Waals surface area contributed by atoms with Gasteiger partial charge in [0.2, 0.25) is 0 Å². The second-order valence-corrected chi connectivity index (χ2v) is 6.05. The van der Waals surface area contributed by atoms with E-state index < -0.39 is 0 Å². The molecule has 0 atom stereocenters. The fourth-order valence-corrected chi connectivity index (χ4v) is 2.84. The van der Waals surface area contributed by atoms with Gasteiger partial charge in [-0.05, 0) is 49.1 Å². The van der Waals surface area contributed by atoms with E-state index in [0.29, 0.717) is 0 Å². The minimum Gasteiger partial charge on any atom is -0.310 e. The van der Waals surface area contributed by atoms with Crippen molar-refractivity contribution in [3.8, 4) is 10.4 Å². The van der Waals surface area contributed by atoms with Gasteiger partial charge >= 0.3 is 0 Å². The number of benzene rings is 1. The van der Waals surface area contributed by atoms with Gasteiger partial charge in [-0.25, -0.2) is 0 Å². The Bertz CT molecular complexity index is 511.